The third kappa shape index (κ3) is 3.11. The molecule has 0 radical (unpaired) electrons. The van der Waals surface area contributed by atoms with E-state index in [1.165, 1.54) is 4.90 Å². The van der Waals surface area contributed by atoms with Crippen molar-refractivity contribution in [3.63, 3.8) is 0 Å². The highest BCUT2D eigenvalue weighted by Gasteiger charge is 2.39. The van der Waals surface area contributed by atoms with E-state index in [0.717, 1.165) is 16.8 Å². The summed E-state index contributed by atoms with van der Waals surface area (Å²) in [5, 5.41) is 3.19. The smallest absolute Gasteiger partial charge is 0.256 e. The molecule has 0 unspecified atom stereocenters. The molecule has 1 aliphatic rings. The molecule has 124 valence electrons. The molecule has 5 heteroatoms. The van der Waals surface area contributed by atoms with Crippen LogP contribution in [0.1, 0.15) is 17.5 Å². The first kappa shape index (κ1) is 16.1. The lowest BCUT2D eigenvalue weighted by molar-refractivity contribution is -0.121. The van der Waals surface area contributed by atoms with Gasteiger partial charge in [-0.25, -0.2) is 4.90 Å². The number of rotatable bonds is 4. The molecule has 1 N–H and O–H groups in total. The van der Waals surface area contributed by atoms with Crippen LogP contribution in [0, 0.1) is 13.8 Å². The highest BCUT2D eigenvalue weighted by molar-refractivity contribution is 6.23. The van der Waals surface area contributed by atoms with E-state index in [1.807, 2.05) is 26.0 Å². The Morgan fingerprint density at radius 2 is 1.67 bits per heavy atom. The predicted octanol–water partition coefficient (Wildman–Crippen LogP) is 3.06. The van der Waals surface area contributed by atoms with Crippen LogP contribution in [0.5, 0.6) is 5.75 Å². The van der Waals surface area contributed by atoms with Crippen molar-refractivity contribution < 1.29 is 14.3 Å². The molecule has 1 heterocycles. The van der Waals surface area contributed by atoms with Crippen LogP contribution in [-0.2, 0) is 9.59 Å². The van der Waals surface area contributed by atoms with Crippen LogP contribution in [0.25, 0.3) is 0 Å². The number of ether oxygens (including phenoxy) is 1. The van der Waals surface area contributed by atoms with Gasteiger partial charge in [0.15, 0.2) is 0 Å². The number of nitrogens with zero attached hydrogens (tertiary/aromatic N) is 1. The minimum Gasteiger partial charge on any atom is -0.497 e. The molecule has 0 aromatic heterocycles. The molecule has 5 nitrogen and oxygen atoms in total. The Labute approximate surface area is 141 Å². The van der Waals surface area contributed by atoms with Crippen molar-refractivity contribution in [2.75, 3.05) is 17.3 Å². The van der Waals surface area contributed by atoms with Crippen LogP contribution in [-0.4, -0.2) is 25.0 Å². The average molecular weight is 324 g/mol. The summed E-state index contributed by atoms with van der Waals surface area (Å²) in [5.74, 6) is 0.249. The predicted molar refractivity (Wildman–Crippen MR) is 93.4 cm³/mol. The van der Waals surface area contributed by atoms with Crippen LogP contribution >= 0.6 is 0 Å². The van der Waals surface area contributed by atoms with Gasteiger partial charge in [-0.05, 0) is 61.4 Å². The van der Waals surface area contributed by atoms with Crippen molar-refractivity contribution in [2.45, 2.75) is 26.3 Å². The van der Waals surface area contributed by atoms with Gasteiger partial charge < -0.3 is 10.1 Å². The lowest BCUT2D eigenvalue weighted by Crippen LogP contribution is -2.34. The van der Waals surface area contributed by atoms with Gasteiger partial charge in [0.25, 0.3) is 5.91 Å². The van der Waals surface area contributed by atoms with Gasteiger partial charge in [0, 0.05) is 5.69 Å². The summed E-state index contributed by atoms with van der Waals surface area (Å²) in [6.07, 6.45) is 0.151. The van der Waals surface area contributed by atoms with E-state index in [0.29, 0.717) is 11.4 Å². The summed E-state index contributed by atoms with van der Waals surface area (Å²) < 4.78 is 5.11. The summed E-state index contributed by atoms with van der Waals surface area (Å²) in [6, 6.07) is 12.4. The molecule has 0 spiro atoms. The SMILES string of the molecule is COc1ccc(N2C(=O)C[C@@H](Nc3cc(C)cc(C)c3)C2=O)cc1. The number of carbonyl (C=O) groups excluding carboxylic acids is 2. The largest absolute Gasteiger partial charge is 0.497 e. The zero-order valence-electron chi connectivity index (χ0n) is 14.0. The number of amides is 2. The van der Waals surface area contributed by atoms with E-state index >= 15 is 0 Å². The molecule has 0 aliphatic carbocycles. The normalized spacial score (nSPS) is 17.3. The third-order valence-corrected chi connectivity index (χ3v) is 4.04. The Kier molecular flexibility index (Phi) is 4.25. The Morgan fingerprint density at radius 1 is 1.04 bits per heavy atom. The number of anilines is 2. The Bertz CT molecular complexity index is 763. The number of methoxy groups -OCH3 is 1. The Hall–Kier alpha value is -2.82. The number of benzene rings is 2. The van der Waals surface area contributed by atoms with E-state index in [9.17, 15) is 9.59 Å². The van der Waals surface area contributed by atoms with Gasteiger partial charge in [-0.1, -0.05) is 6.07 Å². The molecule has 2 amide bonds. The van der Waals surface area contributed by atoms with Crippen molar-refractivity contribution in [2.24, 2.45) is 0 Å². The average Bonchev–Trinajstić information content (AvgIpc) is 2.80. The molecular weight excluding hydrogens is 304 g/mol. The first-order chi connectivity index (χ1) is 11.5. The fraction of sp³-hybridized carbons (Fsp3) is 0.263. The second-order valence-electron chi connectivity index (χ2n) is 6.04. The van der Waals surface area contributed by atoms with E-state index in [4.69, 9.17) is 4.74 Å². The van der Waals surface area contributed by atoms with E-state index in [-0.39, 0.29) is 18.2 Å². The molecule has 2 aromatic rings. The highest BCUT2D eigenvalue weighted by atomic mass is 16.5. The van der Waals surface area contributed by atoms with Gasteiger partial charge in [0.1, 0.15) is 11.8 Å². The molecule has 1 fully saturated rings. The quantitative estimate of drug-likeness (QED) is 0.878. The zero-order chi connectivity index (χ0) is 17.3. The molecular formula is C19H20N2O3. The molecule has 1 saturated heterocycles. The number of hydrogen-bond donors (Lipinski definition) is 1. The van der Waals surface area contributed by atoms with Crippen molar-refractivity contribution >= 4 is 23.2 Å². The molecule has 1 aliphatic heterocycles. The van der Waals surface area contributed by atoms with Gasteiger partial charge in [-0.15, -0.1) is 0 Å². The topological polar surface area (TPSA) is 58.6 Å². The second-order valence-corrected chi connectivity index (χ2v) is 6.04. The summed E-state index contributed by atoms with van der Waals surface area (Å²) >= 11 is 0. The molecule has 2 aromatic carbocycles. The summed E-state index contributed by atoms with van der Waals surface area (Å²) in [6.45, 7) is 4.01. The Morgan fingerprint density at radius 3 is 2.25 bits per heavy atom. The molecule has 24 heavy (non-hydrogen) atoms. The van der Waals surface area contributed by atoms with Crippen molar-refractivity contribution in [3.05, 3.63) is 53.6 Å². The lowest BCUT2D eigenvalue weighted by Gasteiger charge is -2.17. The zero-order valence-corrected chi connectivity index (χ0v) is 14.0. The maximum absolute atomic E-state index is 12.7. The second kappa shape index (κ2) is 6.35. The Balaban J connectivity index is 1.80. The minimum absolute atomic E-state index is 0.151. The van der Waals surface area contributed by atoms with Gasteiger partial charge >= 0.3 is 0 Å². The summed E-state index contributed by atoms with van der Waals surface area (Å²) in [4.78, 5) is 26.2. The maximum atomic E-state index is 12.7. The van der Waals surface area contributed by atoms with Crippen molar-refractivity contribution in [3.8, 4) is 5.75 Å². The summed E-state index contributed by atoms with van der Waals surface area (Å²) in [5.41, 5.74) is 3.65. The number of carbonyl (C=O) groups is 2. The molecule has 0 bridgehead atoms. The number of aryl methyl sites for hydroxylation is 2. The first-order valence-electron chi connectivity index (χ1n) is 7.83. The number of imide groups is 1. The lowest BCUT2D eigenvalue weighted by atomic mass is 10.1. The van der Waals surface area contributed by atoms with Crippen LogP contribution in [0.15, 0.2) is 42.5 Å². The minimum atomic E-state index is -0.541. The van der Waals surface area contributed by atoms with Gasteiger partial charge in [-0.2, -0.15) is 0 Å². The number of nitrogens with one attached hydrogen (secondary N) is 1. The van der Waals surface area contributed by atoms with Crippen LogP contribution in [0.2, 0.25) is 0 Å². The highest BCUT2D eigenvalue weighted by Crippen LogP contribution is 2.27. The van der Waals surface area contributed by atoms with Gasteiger partial charge in [0.05, 0.1) is 19.2 Å². The fourth-order valence-corrected chi connectivity index (χ4v) is 3.01. The molecule has 3 rings (SSSR count). The standard InChI is InChI=1S/C19H20N2O3/c1-12-8-13(2)10-14(9-12)20-17-11-18(22)21(19(17)23)15-4-6-16(24-3)7-5-15/h4-10,17,20H,11H2,1-3H3/t17-/m1/s1. The molecule has 0 saturated carbocycles. The van der Waals surface area contributed by atoms with E-state index in [2.05, 4.69) is 11.4 Å². The van der Waals surface area contributed by atoms with Gasteiger partial charge in [-0.3, -0.25) is 9.59 Å². The monoisotopic (exact) mass is 324 g/mol. The van der Waals surface area contributed by atoms with Crippen molar-refractivity contribution in [1.29, 1.82) is 0 Å². The molecule has 1 atom stereocenters. The fourth-order valence-electron chi connectivity index (χ4n) is 3.01. The van der Waals surface area contributed by atoms with Crippen LogP contribution < -0.4 is 15.0 Å². The van der Waals surface area contributed by atoms with Crippen LogP contribution in [0.3, 0.4) is 0 Å². The summed E-state index contributed by atoms with van der Waals surface area (Å²) in [7, 11) is 1.57. The van der Waals surface area contributed by atoms with E-state index < -0.39 is 6.04 Å². The maximum Gasteiger partial charge on any atom is 0.256 e. The van der Waals surface area contributed by atoms with Gasteiger partial charge in [0.2, 0.25) is 5.91 Å². The van der Waals surface area contributed by atoms with E-state index in [1.54, 1.807) is 31.4 Å². The number of hydrogen-bond acceptors (Lipinski definition) is 4. The third-order valence-electron chi connectivity index (χ3n) is 4.04. The van der Waals surface area contributed by atoms with Crippen molar-refractivity contribution in [1.82, 2.24) is 0 Å². The first-order valence-corrected chi connectivity index (χ1v) is 7.83. The van der Waals surface area contributed by atoms with Crippen LogP contribution in [0.4, 0.5) is 11.4 Å².